The minimum absolute atomic E-state index is 0.0408. The van der Waals surface area contributed by atoms with Crippen LogP contribution in [0.25, 0.3) is 0 Å². The number of aromatic amines is 1. The van der Waals surface area contributed by atoms with Gasteiger partial charge in [-0.3, -0.25) is 14.6 Å². The number of H-pyrrole nitrogens is 1. The van der Waals surface area contributed by atoms with Crippen molar-refractivity contribution in [2.45, 2.75) is 19.9 Å². The standard InChI is InChI=1S/C12H13ClN2O/c1-9-11(13)14-15(12(9)16)8-7-10-5-3-2-4-6-10/h2-6,14H,7-8H2,1H3. The molecule has 4 heteroatoms. The molecule has 1 heterocycles. The molecule has 0 fully saturated rings. The second-order valence-electron chi connectivity index (χ2n) is 3.74. The number of hydrogen-bond donors (Lipinski definition) is 1. The lowest BCUT2D eigenvalue weighted by molar-refractivity contribution is 0.596. The maximum Gasteiger partial charge on any atom is 0.270 e. The van der Waals surface area contributed by atoms with Gasteiger partial charge in [0.25, 0.3) is 5.56 Å². The molecule has 0 unspecified atom stereocenters. The van der Waals surface area contributed by atoms with Crippen LogP contribution in [0.4, 0.5) is 0 Å². The van der Waals surface area contributed by atoms with Gasteiger partial charge in [-0.25, -0.2) is 0 Å². The van der Waals surface area contributed by atoms with Crippen LogP contribution >= 0.6 is 11.6 Å². The Morgan fingerprint density at radius 1 is 1.31 bits per heavy atom. The number of aryl methyl sites for hydroxylation is 2. The van der Waals surface area contributed by atoms with E-state index in [1.54, 1.807) is 11.6 Å². The molecule has 0 aliphatic rings. The molecule has 0 saturated carbocycles. The molecule has 16 heavy (non-hydrogen) atoms. The molecule has 0 aliphatic heterocycles. The molecule has 0 amide bonds. The molecule has 0 atom stereocenters. The summed E-state index contributed by atoms with van der Waals surface area (Å²) in [4.78, 5) is 11.7. The van der Waals surface area contributed by atoms with Crippen molar-refractivity contribution >= 4 is 11.6 Å². The van der Waals surface area contributed by atoms with Crippen molar-refractivity contribution in [2.75, 3.05) is 0 Å². The van der Waals surface area contributed by atoms with E-state index in [-0.39, 0.29) is 5.56 Å². The monoisotopic (exact) mass is 236 g/mol. The minimum Gasteiger partial charge on any atom is -0.285 e. The molecule has 2 rings (SSSR count). The average molecular weight is 237 g/mol. The van der Waals surface area contributed by atoms with Crippen molar-refractivity contribution in [3.05, 3.63) is 57.0 Å². The molecule has 1 N–H and O–H groups in total. The molecule has 0 saturated heterocycles. The zero-order valence-electron chi connectivity index (χ0n) is 9.03. The Kier molecular flexibility index (Phi) is 3.15. The van der Waals surface area contributed by atoms with Gasteiger partial charge in [0.1, 0.15) is 5.15 Å². The van der Waals surface area contributed by atoms with Crippen LogP contribution in [0.3, 0.4) is 0 Å². The molecular formula is C12H13ClN2O. The van der Waals surface area contributed by atoms with Crippen LogP contribution in [0.15, 0.2) is 35.1 Å². The summed E-state index contributed by atoms with van der Waals surface area (Å²) in [6, 6.07) is 10.0. The molecular weight excluding hydrogens is 224 g/mol. The van der Waals surface area contributed by atoms with Gasteiger partial charge in [-0.15, -0.1) is 0 Å². The zero-order valence-corrected chi connectivity index (χ0v) is 9.79. The minimum atomic E-state index is -0.0408. The van der Waals surface area contributed by atoms with Crippen LogP contribution in [0.1, 0.15) is 11.1 Å². The summed E-state index contributed by atoms with van der Waals surface area (Å²) in [5.41, 5.74) is 1.74. The van der Waals surface area contributed by atoms with E-state index in [9.17, 15) is 4.79 Å². The van der Waals surface area contributed by atoms with Crippen molar-refractivity contribution in [1.82, 2.24) is 9.78 Å². The van der Waals surface area contributed by atoms with Crippen molar-refractivity contribution in [3.8, 4) is 0 Å². The van der Waals surface area contributed by atoms with Crippen molar-refractivity contribution in [1.29, 1.82) is 0 Å². The fraction of sp³-hybridized carbons (Fsp3) is 0.250. The van der Waals surface area contributed by atoms with Crippen molar-refractivity contribution in [2.24, 2.45) is 0 Å². The normalized spacial score (nSPS) is 10.6. The predicted octanol–water partition coefficient (Wildman–Crippen LogP) is 2.38. The number of aromatic nitrogens is 2. The van der Waals surface area contributed by atoms with E-state index in [2.05, 4.69) is 5.10 Å². The number of hydrogen-bond acceptors (Lipinski definition) is 1. The SMILES string of the molecule is Cc1c(Cl)[nH]n(CCc2ccccc2)c1=O. The number of nitrogens with one attached hydrogen (secondary N) is 1. The summed E-state index contributed by atoms with van der Waals surface area (Å²) in [5, 5.41) is 3.28. The van der Waals surface area contributed by atoms with Gasteiger partial charge in [0, 0.05) is 6.54 Å². The Bertz CT molecular complexity index is 528. The van der Waals surface area contributed by atoms with E-state index in [0.29, 0.717) is 17.3 Å². The Morgan fingerprint density at radius 2 is 2.00 bits per heavy atom. The highest BCUT2D eigenvalue weighted by atomic mass is 35.5. The maximum absolute atomic E-state index is 11.7. The lowest BCUT2D eigenvalue weighted by atomic mass is 10.1. The highest BCUT2D eigenvalue weighted by Crippen LogP contribution is 2.07. The second kappa shape index (κ2) is 4.58. The van der Waals surface area contributed by atoms with Gasteiger partial charge in [-0.1, -0.05) is 41.9 Å². The fourth-order valence-corrected chi connectivity index (χ4v) is 1.78. The first-order valence-corrected chi connectivity index (χ1v) is 5.55. The third-order valence-corrected chi connectivity index (χ3v) is 2.96. The Balaban J connectivity index is 2.11. The van der Waals surface area contributed by atoms with Crippen LogP contribution in [-0.4, -0.2) is 9.78 Å². The van der Waals surface area contributed by atoms with Gasteiger partial charge in [-0.05, 0) is 18.9 Å². The van der Waals surface area contributed by atoms with Gasteiger partial charge in [0.05, 0.1) is 5.56 Å². The fourth-order valence-electron chi connectivity index (χ4n) is 1.59. The topological polar surface area (TPSA) is 37.8 Å². The molecule has 1 aromatic heterocycles. The predicted molar refractivity (Wildman–Crippen MR) is 64.9 cm³/mol. The summed E-state index contributed by atoms with van der Waals surface area (Å²) in [5.74, 6) is 0. The van der Waals surface area contributed by atoms with Crippen LogP contribution in [-0.2, 0) is 13.0 Å². The Labute approximate surface area is 98.7 Å². The van der Waals surface area contributed by atoms with Gasteiger partial charge in [0.15, 0.2) is 0 Å². The summed E-state index contributed by atoms with van der Waals surface area (Å²) in [6.07, 6.45) is 0.816. The van der Waals surface area contributed by atoms with Crippen molar-refractivity contribution in [3.63, 3.8) is 0 Å². The Hall–Kier alpha value is -1.48. The first-order valence-electron chi connectivity index (χ1n) is 5.17. The molecule has 0 radical (unpaired) electrons. The lowest BCUT2D eigenvalue weighted by Crippen LogP contribution is -2.19. The summed E-state index contributed by atoms with van der Waals surface area (Å²) in [7, 11) is 0. The molecule has 1 aromatic carbocycles. The number of nitrogens with zero attached hydrogens (tertiary/aromatic N) is 1. The summed E-state index contributed by atoms with van der Waals surface area (Å²) >= 11 is 5.84. The van der Waals surface area contributed by atoms with Crippen molar-refractivity contribution < 1.29 is 0 Å². The Morgan fingerprint density at radius 3 is 2.56 bits per heavy atom. The summed E-state index contributed by atoms with van der Waals surface area (Å²) < 4.78 is 1.55. The van der Waals surface area contributed by atoms with E-state index in [4.69, 9.17) is 11.6 Å². The molecule has 84 valence electrons. The van der Waals surface area contributed by atoms with Gasteiger partial charge >= 0.3 is 0 Å². The first-order chi connectivity index (χ1) is 7.68. The third kappa shape index (κ3) is 2.19. The highest BCUT2D eigenvalue weighted by molar-refractivity contribution is 6.30. The van der Waals surface area contributed by atoms with Gasteiger partial charge in [0.2, 0.25) is 0 Å². The molecule has 2 aromatic rings. The molecule has 0 spiro atoms. The molecule has 0 bridgehead atoms. The van der Waals surface area contributed by atoms with E-state index >= 15 is 0 Å². The lowest BCUT2D eigenvalue weighted by Gasteiger charge is -2.01. The maximum atomic E-state index is 11.7. The van der Waals surface area contributed by atoms with Crippen LogP contribution in [0.2, 0.25) is 5.15 Å². The van der Waals surface area contributed by atoms with E-state index < -0.39 is 0 Å². The average Bonchev–Trinajstić information content (AvgIpc) is 2.56. The highest BCUT2D eigenvalue weighted by Gasteiger charge is 2.07. The quantitative estimate of drug-likeness (QED) is 0.873. The van der Waals surface area contributed by atoms with Gasteiger partial charge < -0.3 is 0 Å². The number of rotatable bonds is 3. The van der Waals surface area contributed by atoms with E-state index in [1.807, 2.05) is 30.3 Å². The van der Waals surface area contributed by atoms with Crippen LogP contribution in [0, 0.1) is 6.92 Å². The largest absolute Gasteiger partial charge is 0.285 e. The molecule has 3 nitrogen and oxygen atoms in total. The first kappa shape index (κ1) is 11.0. The van der Waals surface area contributed by atoms with Gasteiger partial charge in [-0.2, -0.15) is 0 Å². The second-order valence-corrected chi connectivity index (χ2v) is 4.12. The number of halogens is 1. The summed E-state index contributed by atoms with van der Waals surface area (Å²) in [6.45, 7) is 2.34. The van der Waals surface area contributed by atoms with E-state index in [1.165, 1.54) is 5.56 Å². The zero-order chi connectivity index (χ0) is 11.5. The smallest absolute Gasteiger partial charge is 0.270 e. The number of benzene rings is 1. The third-order valence-electron chi connectivity index (χ3n) is 2.60. The molecule has 0 aliphatic carbocycles. The van der Waals surface area contributed by atoms with Crippen LogP contribution in [0.5, 0.6) is 0 Å². The van der Waals surface area contributed by atoms with E-state index in [0.717, 1.165) is 6.42 Å². The van der Waals surface area contributed by atoms with Crippen LogP contribution < -0.4 is 5.56 Å².